The molecule has 0 aliphatic heterocycles. The molecule has 4 nitrogen and oxygen atoms in total. The summed E-state index contributed by atoms with van der Waals surface area (Å²) >= 11 is 0. The number of benzene rings is 1. The number of carbonyl (C=O) groups is 1. The van der Waals surface area contributed by atoms with Crippen LogP contribution in [0.2, 0.25) is 0 Å². The molecule has 0 unspecified atom stereocenters. The van der Waals surface area contributed by atoms with Gasteiger partial charge in [-0.25, -0.2) is 4.79 Å². The van der Waals surface area contributed by atoms with E-state index >= 15 is 0 Å². The first-order chi connectivity index (χ1) is 9.37. The molecule has 0 fully saturated rings. The maximum atomic E-state index is 12.0. The lowest BCUT2D eigenvalue weighted by Crippen LogP contribution is -2.16. The fourth-order valence-corrected chi connectivity index (χ4v) is 1.65. The Labute approximate surface area is 111 Å². The van der Waals surface area contributed by atoms with Crippen molar-refractivity contribution in [2.45, 2.75) is 6.36 Å². The van der Waals surface area contributed by atoms with Gasteiger partial charge in [-0.3, -0.25) is 4.98 Å². The smallest absolute Gasteiger partial charge is 0.478 e. The Morgan fingerprint density at radius 1 is 1.15 bits per heavy atom. The van der Waals surface area contributed by atoms with Crippen molar-refractivity contribution in [1.82, 2.24) is 4.98 Å². The van der Waals surface area contributed by atoms with Gasteiger partial charge in [0.2, 0.25) is 0 Å². The van der Waals surface area contributed by atoms with Crippen molar-refractivity contribution in [3.63, 3.8) is 0 Å². The fraction of sp³-hybridized carbons (Fsp3) is 0.0769. The number of alkyl halides is 3. The highest BCUT2D eigenvalue weighted by atomic mass is 19.4. The third-order valence-electron chi connectivity index (χ3n) is 2.45. The number of pyridine rings is 1. The van der Waals surface area contributed by atoms with Crippen molar-refractivity contribution >= 4 is 5.97 Å². The van der Waals surface area contributed by atoms with Crippen LogP contribution >= 0.6 is 0 Å². The number of carboxylic acids is 1. The van der Waals surface area contributed by atoms with Crippen LogP contribution in [0.3, 0.4) is 0 Å². The quantitative estimate of drug-likeness (QED) is 0.938. The number of hydrogen-bond acceptors (Lipinski definition) is 3. The predicted octanol–water partition coefficient (Wildman–Crippen LogP) is 3.35. The van der Waals surface area contributed by atoms with Gasteiger partial charge in [0.15, 0.2) is 0 Å². The maximum Gasteiger partial charge on any atom is 0.573 e. The minimum atomic E-state index is -4.76. The molecular weight excluding hydrogens is 275 g/mol. The number of carboxylic acid groups (broad SMARTS) is 1. The SMILES string of the molecule is O=C(O)c1ccncc1-c1ccc(OC(F)(F)F)cc1. The van der Waals surface area contributed by atoms with Crippen LogP contribution in [0.1, 0.15) is 10.4 Å². The number of ether oxygens (including phenoxy) is 1. The molecule has 7 heteroatoms. The molecule has 0 aliphatic rings. The van der Waals surface area contributed by atoms with Gasteiger partial charge >= 0.3 is 12.3 Å². The van der Waals surface area contributed by atoms with Crippen LogP contribution in [0.5, 0.6) is 5.75 Å². The van der Waals surface area contributed by atoms with E-state index in [-0.39, 0.29) is 11.3 Å². The summed E-state index contributed by atoms with van der Waals surface area (Å²) in [5.74, 6) is -1.51. The van der Waals surface area contributed by atoms with E-state index in [0.717, 1.165) is 12.1 Å². The lowest BCUT2D eigenvalue weighted by molar-refractivity contribution is -0.274. The van der Waals surface area contributed by atoms with E-state index in [0.29, 0.717) is 11.1 Å². The lowest BCUT2D eigenvalue weighted by Gasteiger charge is -2.10. The average Bonchev–Trinajstić information content (AvgIpc) is 2.38. The van der Waals surface area contributed by atoms with Crippen molar-refractivity contribution in [3.05, 3.63) is 48.3 Å². The summed E-state index contributed by atoms with van der Waals surface area (Å²) in [7, 11) is 0. The molecule has 1 heterocycles. The number of hydrogen-bond donors (Lipinski definition) is 1. The zero-order valence-electron chi connectivity index (χ0n) is 9.89. The summed E-state index contributed by atoms with van der Waals surface area (Å²) in [5.41, 5.74) is 0.771. The van der Waals surface area contributed by atoms with E-state index < -0.39 is 12.3 Å². The van der Waals surface area contributed by atoms with E-state index in [1.165, 1.54) is 30.6 Å². The Hall–Kier alpha value is -2.57. The lowest BCUT2D eigenvalue weighted by atomic mass is 10.0. The molecule has 0 amide bonds. The third-order valence-corrected chi connectivity index (χ3v) is 2.45. The van der Waals surface area contributed by atoms with Gasteiger partial charge in [0.25, 0.3) is 0 Å². The number of halogens is 3. The van der Waals surface area contributed by atoms with Crippen LogP contribution in [-0.2, 0) is 0 Å². The van der Waals surface area contributed by atoms with E-state index in [9.17, 15) is 18.0 Å². The molecule has 0 radical (unpaired) electrons. The zero-order valence-corrected chi connectivity index (χ0v) is 9.89. The van der Waals surface area contributed by atoms with Crippen LogP contribution in [0, 0.1) is 0 Å². The molecule has 2 aromatic rings. The number of nitrogens with zero attached hydrogens (tertiary/aromatic N) is 1. The standard InChI is InChI=1S/C13H8F3NO3/c14-13(15,16)20-9-3-1-8(2-4-9)11-7-17-6-5-10(11)12(18)19/h1-7H,(H,18,19). The predicted molar refractivity (Wildman–Crippen MR) is 63.3 cm³/mol. The summed E-state index contributed by atoms with van der Waals surface area (Å²) in [6.45, 7) is 0. The summed E-state index contributed by atoms with van der Waals surface area (Å²) in [4.78, 5) is 14.9. The molecule has 0 bridgehead atoms. The van der Waals surface area contributed by atoms with Gasteiger partial charge in [-0.2, -0.15) is 0 Å². The van der Waals surface area contributed by atoms with Crippen LogP contribution in [-0.4, -0.2) is 22.4 Å². The highest BCUT2D eigenvalue weighted by Gasteiger charge is 2.31. The maximum absolute atomic E-state index is 12.0. The van der Waals surface area contributed by atoms with Crippen LogP contribution in [0.15, 0.2) is 42.7 Å². The number of rotatable bonds is 3. The number of aromatic carboxylic acids is 1. The monoisotopic (exact) mass is 283 g/mol. The molecule has 0 spiro atoms. The first-order valence-electron chi connectivity index (χ1n) is 5.40. The topological polar surface area (TPSA) is 59.4 Å². The first-order valence-corrected chi connectivity index (χ1v) is 5.40. The second-order valence-electron chi connectivity index (χ2n) is 3.80. The van der Waals surface area contributed by atoms with Gasteiger partial charge in [0.1, 0.15) is 5.75 Å². The second kappa shape index (κ2) is 5.20. The molecule has 2 rings (SSSR count). The van der Waals surface area contributed by atoms with Crippen LogP contribution in [0.25, 0.3) is 11.1 Å². The molecule has 20 heavy (non-hydrogen) atoms. The van der Waals surface area contributed by atoms with Crippen molar-refractivity contribution < 1.29 is 27.8 Å². The Balaban J connectivity index is 2.33. The highest BCUT2D eigenvalue weighted by Crippen LogP contribution is 2.27. The largest absolute Gasteiger partial charge is 0.573 e. The highest BCUT2D eigenvalue weighted by molar-refractivity contribution is 5.95. The average molecular weight is 283 g/mol. The van der Waals surface area contributed by atoms with Crippen molar-refractivity contribution in [1.29, 1.82) is 0 Å². The van der Waals surface area contributed by atoms with Crippen LogP contribution in [0.4, 0.5) is 13.2 Å². The van der Waals surface area contributed by atoms with Gasteiger partial charge in [0.05, 0.1) is 5.56 Å². The summed E-state index contributed by atoms with van der Waals surface area (Å²) < 4.78 is 39.8. The second-order valence-corrected chi connectivity index (χ2v) is 3.80. The minimum absolute atomic E-state index is 0.0180. The first kappa shape index (κ1) is 13.9. The van der Waals surface area contributed by atoms with E-state index in [2.05, 4.69) is 9.72 Å². The Morgan fingerprint density at radius 2 is 1.80 bits per heavy atom. The van der Waals surface area contributed by atoms with Crippen LogP contribution < -0.4 is 4.74 Å². The number of aromatic nitrogens is 1. The van der Waals surface area contributed by atoms with Crippen molar-refractivity contribution in [2.75, 3.05) is 0 Å². The summed E-state index contributed by atoms with van der Waals surface area (Å²) in [6.07, 6.45) is -2.10. The molecule has 0 atom stereocenters. The third kappa shape index (κ3) is 3.25. The zero-order chi connectivity index (χ0) is 14.8. The Kier molecular flexibility index (Phi) is 3.60. The van der Waals surface area contributed by atoms with Gasteiger partial charge in [-0.1, -0.05) is 12.1 Å². The van der Waals surface area contributed by atoms with Gasteiger partial charge in [-0.05, 0) is 23.8 Å². The summed E-state index contributed by atoms with van der Waals surface area (Å²) in [5, 5.41) is 9.03. The normalized spacial score (nSPS) is 11.2. The van der Waals surface area contributed by atoms with E-state index in [4.69, 9.17) is 5.11 Å². The van der Waals surface area contributed by atoms with E-state index in [1.807, 2.05) is 0 Å². The Bertz CT molecular complexity index is 624. The van der Waals surface area contributed by atoms with Crippen molar-refractivity contribution in [2.24, 2.45) is 0 Å². The molecular formula is C13H8F3NO3. The Morgan fingerprint density at radius 3 is 2.35 bits per heavy atom. The minimum Gasteiger partial charge on any atom is -0.478 e. The van der Waals surface area contributed by atoms with E-state index in [1.54, 1.807) is 0 Å². The summed E-state index contributed by atoms with van der Waals surface area (Å²) in [6, 6.07) is 6.22. The molecule has 1 N–H and O–H groups in total. The van der Waals surface area contributed by atoms with Crippen molar-refractivity contribution in [3.8, 4) is 16.9 Å². The fourth-order valence-electron chi connectivity index (χ4n) is 1.65. The molecule has 0 saturated heterocycles. The van der Waals surface area contributed by atoms with Gasteiger partial charge in [0, 0.05) is 18.0 Å². The molecule has 1 aromatic carbocycles. The van der Waals surface area contributed by atoms with Gasteiger partial charge in [-0.15, -0.1) is 13.2 Å². The van der Waals surface area contributed by atoms with Gasteiger partial charge < -0.3 is 9.84 Å². The molecule has 1 aromatic heterocycles. The molecule has 0 saturated carbocycles. The molecule has 0 aliphatic carbocycles. The molecule has 104 valence electrons.